The second-order valence-corrected chi connectivity index (χ2v) is 4.18. The van der Waals surface area contributed by atoms with Crippen LogP contribution in [0.15, 0.2) is 11.9 Å². The molecule has 1 fully saturated rings. The standard InChI is InChI=1S/C9H10F4O2/c1-8(2)4(6(8)7(14)15)3-5(10)9(11,12)13/h3-4,6H,1-2H3,(H,14,15)/t4-,6+/m1/s1. The summed E-state index contributed by atoms with van der Waals surface area (Å²) in [7, 11) is 0. The van der Waals surface area contributed by atoms with Gasteiger partial charge in [-0.05, 0) is 17.4 Å². The molecule has 0 spiro atoms. The first kappa shape index (κ1) is 12.0. The van der Waals surface area contributed by atoms with Crippen molar-refractivity contribution >= 4 is 5.97 Å². The van der Waals surface area contributed by atoms with Gasteiger partial charge in [-0.25, -0.2) is 4.39 Å². The van der Waals surface area contributed by atoms with Crippen LogP contribution in [0, 0.1) is 17.3 Å². The summed E-state index contributed by atoms with van der Waals surface area (Å²) in [6.07, 6.45) is -4.67. The highest BCUT2D eigenvalue weighted by Crippen LogP contribution is 2.59. The number of allylic oxidation sites excluding steroid dienone is 2. The molecular weight excluding hydrogens is 216 g/mol. The third-order valence-electron chi connectivity index (χ3n) is 2.77. The summed E-state index contributed by atoms with van der Waals surface area (Å²) in [4.78, 5) is 10.6. The van der Waals surface area contributed by atoms with Gasteiger partial charge in [0.05, 0.1) is 5.92 Å². The van der Waals surface area contributed by atoms with E-state index in [9.17, 15) is 22.4 Å². The quantitative estimate of drug-likeness (QED) is 0.735. The van der Waals surface area contributed by atoms with Crippen LogP contribution in [0.4, 0.5) is 17.6 Å². The maximum atomic E-state index is 12.5. The van der Waals surface area contributed by atoms with Crippen molar-refractivity contribution in [2.24, 2.45) is 17.3 Å². The van der Waals surface area contributed by atoms with Gasteiger partial charge < -0.3 is 5.11 Å². The predicted molar refractivity (Wildman–Crippen MR) is 43.6 cm³/mol. The van der Waals surface area contributed by atoms with Gasteiger partial charge in [-0.2, -0.15) is 13.2 Å². The van der Waals surface area contributed by atoms with Crippen LogP contribution in [0.1, 0.15) is 13.8 Å². The van der Waals surface area contributed by atoms with Gasteiger partial charge in [0.1, 0.15) is 0 Å². The molecule has 0 aromatic carbocycles. The summed E-state index contributed by atoms with van der Waals surface area (Å²) in [6.45, 7) is 2.99. The maximum absolute atomic E-state index is 12.5. The van der Waals surface area contributed by atoms with E-state index in [0.29, 0.717) is 6.08 Å². The largest absolute Gasteiger partial charge is 0.481 e. The van der Waals surface area contributed by atoms with Crippen LogP contribution in [0.3, 0.4) is 0 Å². The molecular formula is C9H10F4O2. The zero-order valence-corrected chi connectivity index (χ0v) is 8.10. The average molecular weight is 226 g/mol. The van der Waals surface area contributed by atoms with Crippen LogP contribution in [-0.4, -0.2) is 17.3 Å². The van der Waals surface area contributed by atoms with Crippen LogP contribution < -0.4 is 0 Å². The number of hydrogen-bond donors (Lipinski definition) is 1. The minimum atomic E-state index is -5.03. The molecule has 1 saturated carbocycles. The first-order valence-corrected chi connectivity index (χ1v) is 4.26. The summed E-state index contributed by atoms with van der Waals surface area (Å²) in [6, 6.07) is 0. The Balaban J connectivity index is 2.83. The Labute approximate surface area is 83.6 Å². The van der Waals surface area contributed by atoms with Crippen LogP contribution >= 0.6 is 0 Å². The Morgan fingerprint density at radius 1 is 1.40 bits per heavy atom. The first-order chi connectivity index (χ1) is 6.58. The number of rotatable bonds is 2. The minimum Gasteiger partial charge on any atom is -0.481 e. The van der Waals surface area contributed by atoms with E-state index in [-0.39, 0.29) is 0 Å². The molecule has 0 unspecified atom stereocenters. The number of carbonyl (C=O) groups is 1. The lowest BCUT2D eigenvalue weighted by atomic mass is 10.1. The van der Waals surface area contributed by atoms with Crippen LogP contribution in [0.5, 0.6) is 0 Å². The van der Waals surface area contributed by atoms with Crippen molar-refractivity contribution in [1.82, 2.24) is 0 Å². The molecule has 1 aliphatic carbocycles. The van der Waals surface area contributed by atoms with Crippen molar-refractivity contribution in [1.29, 1.82) is 0 Å². The molecule has 0 amide bonds. The smallest absolute Gasteiger partial charge is 0.442 e. The second kappa shape index (κ2) is 3.21. The summed E-state index contributed by atoms with van der Waals surface area (Å²) in [5.41, 5.74) is -0.811. The molecule has 0 heterocycles. The Hall–Kier alpha value is -1.07. The lowest BCUT2D eigenvalue weighted by Gasteiger charge is -2.02. The van der Waals surface area contributed by atoms with E-state index in [2.05, 4.69) is 0 Å². The second-order valence-electron chi connectivity index (χ2n) is 4.18. The molecule has 0 aromatic heterocycles. The van der Waals surface area contributed by atoms with Crippen molar-refractivity contribution in [3.63, 3.8) is 0 Å². The lowest BCUT2D eigenvalue weighted by Crippen LogP contribution is -2.08. The normalized spacial score (nSPS) is 30.1. The van der Waals surface area contributed by atoms with Gasteiger partial charge in [-0.1, -0.05) is 13.8 Å². The monoisotopic (exact) mass is 226 g/mol. The van der Waals surface area contributed by atoms with E-state index >= 15 is 0 Å². The van der Waals surface area contributed by atoms with Gasteiger partial charge in [-0.3, -0.25) is 4.79 Å². The molecule has 1 rings (SSSR count). The van der Waals surface area contributed by atoms with Crippen molar-refractivity contribution in [3.8, 4) is 0 Å². The van der Waals surface area contributed by atoms with Gasteiger partial charge in [-0.15, -0.1) is 0 Å². The highest BCUT2D eigenvalue weighted by Gasteiger charge is 2.61. The number of alkyl halides is 3. The van der Waals surface area contributed by atoms with Crippen LogP contribution in [-0.2, 0) is 4.79 Å². The predicted octanol–water partition coefficient (Wildman–Crippen LogP) is 2.76. The number of carboxylic acids is 1. The van der Waals surface area contributed by atoms with Gasteiger partial charge in [0, 0.05) is 0 Å². The average Bonchev–Trinajstić information content (AvgIpc) is 2.50. The van der Waals surface area contributed by atoms with Crippen LogP contribution in [0.25, 0.3) is 0 Å². The highest BCUT2D eigenvalue weighted by atomic mass is 19.4. The summed E-state index contributed by atoms with van der Waals surface area (Å²) in [5.74, 6) is -5.25. The van der Waals surface area contributed by atoms with E-state index in [0.717, 1.165) is 0 Å². The van der Waals surface area contributed by atoms with Crippen molar-refractivity contribution in [3.05, 3.63) is 11.9 Å². The zero-order chi connectivity index (χ0) is 12.0. The van der Waals surface area contributed by atoms with Gasteiger partial charge in [0.15, 0.2) is 5.83 Å². The number of aliphatic carboxylic acids is 1. The van der Waals surface area contributed by atoms with E-state index in [1.165, 1.54) is 13.8 Å². The van der Waals surface area contributed by atoms with E-state index in [1.54, 1.807) is 0 Å². The van der Waals surface area contributed by atoms with Crippen molar-refractivity contribution < 1.29 is 27.5 Å². The third kappa shape index (κ3) is 2.13. The summed E-state index contributed by atoms with van der Waals surface area (Å²) >= 11 is 0. The van der Waals surface area contributed by atoms with Crippen LogP contribution in [0.2, 0.25) is 0 Å². The highest BCUT2D eigenvalue weighted by molar-refractivity contribution is 5.76. The first-order valence-electron chi connectivity index (χ1n) is 4.26. The fourth-order valence-corrected chi connectivity index (χ4v) is 1.71. The van der Waals surface area contributed by atoms with E-state index in [1.807, 2.05) is 0 Å². The molecule has 86 valence electrons. The molecule has 1 aliphatic rings. The number of carboxylic acid groups (broad SMARTS) is 1. The summed E-state index contributed by atoms with van der Waals surface area (Å²) in [5, 5.41) is 8.64. The Morgan fingerprint density at radius 3 is 2.13 bits per heavy atom. The van der Waals surface area contributed by atoms with Crippen molar-refractivity contribution in [2.45, 2.75) is 20.0 Å². The Kier molecular flexibility index (Phi) is 2.57. The van der Waals surface area contributed by atoms with Gasteiger partial charge >= 0.3 is 12.1 Å². The Morgan fingerprint density at radius 2 is 1.87 bits per heavy atom. The van der Waals surface area contributed by atoms with E-state index < -0.39 is 35.2 Å². The number of hydrogen-bond acceptors (Lipinski definition) is 1. The molecule has 0 aliphatic heterocycles. The fraction of sp³-hybridized carbons (Fsp3) is 0.667. The zero-order valence-electron chi connectivity index (χ0n) is 8.10. The van der Waals surface area contributed by atoms with Gasteiger partial charge in [0.25, 0.3) is 0 Å². The van der Waals surface area contributed by atoms with Gasteiger partial charge in [0.2, 0.25) is 0 Å². The molecule has 2 nitrogen and oxygen atoms in total. The minimum absolute atomic E-state index is 0.360. The fourth-order valence-electron chi connectivity index (χ4n) is 1.71. The topological polar surface area (TPSA) is 37.3 Å². The molecule has 2 atom stereocenters. The molecule has 6 heteroatoms. The Bertz CT molecular complexity index is 317. The van der Waals surface area contributed by atoms with E-state index in [4.69, 9.17) is 5.11 Å². The molecule has 1 N–H and O–H groups in total. The molecule has 0 aromatic rings. The SMILES string of the molecule is CC1(C)[C@H](C=C(F)C(F)(F)F)[C@H]1C(=O)O. The number of halogens is 4. The lowest BCUT2D eigenvalue weighted by molar-refractivity contribution is -0.139. The third-order valence-corrected chi connectivity index (χ3v) is 2.77. The maximum Gasteiger partial charge on any atom is 0.442 e. The summed E-state index contributed by atoms with van der Waals surface area (Å²) < 4.78 is 48.0. The van der Waals surface area contributed by atoms with Crippen molar-refractivity contribution in [2.75, 3.05) is 0 Å². The molecule has 15 heavy (non-hydrogen) atoms. The molecule has 0 bridgehead atoms. The molecule has 0 radical (unpaired) electrons. The molecule has 0 saturated heterocycles.